The van der Waals surface area contributed by atoms with Gasteiger partial charge in [-0.2, -0.15) is 0 Å². The Bertz CT molecular complexity index is 1340. The number of nitrogens with zero attached hydrogens (tertiary/aromatic N) is 2. The van der Waals surface area contributed by atoms with Gasteiger partial charge in [-0.15, -0.1) is 0 Å². The standard InChI is InChI=1S/C30H37N3O4S/c1-22(2)31-30(35)28(19-25-12-7-6-8-13-25)32(20-26-17-15-23(3)16-18-26)29(34)21-33(38(5,36)37)27-14-10-9-11-24(27)4/h6-18,22,28H,19-21H2,1-5H3,(H,31,35). The summed E-state index contributed by atoms with van der Waals surface area (Å²) in [6.07, 6.45) is 1.38. The van der Waals surface area contributed by atoms with Crippen molar-refractivity contribution in [3.8, 4) is 0 Å². The third kappa shape index (κ3) is 7.92. The zero-order valence-electron chi connectivity index (χ0n) is 22.7. The van der Waals surface area contributed by atoms with Gasteiger partial charge in [0.1, 0.15) is 12.6 Å². The smallest absolute Gasteiger partial charge is 0.244 e. The molecule has 3 aromatic rings. The zero-order valence-corrected chi connectivity index (χ0v) is 23.5. The highest BCUT2D eigenvalue weighted by molar-refractivity contribution is 7.92. The van der Waals surface area contributed by atoms with Crippen molar-refractivity contribution in [3.05, 3.63) is 101 Å². The van der Waals surface area contributed by atoms with Crippen LogP contribution in [-0.2, 0) is 32.6 Å². The summed E-state index contributed by atoms with van der Waals surface area (Å²) < 4.78 is 26.8. The molecule has 3 rings (SSSR count). The van der Waals surface area contributed by atoms with Crippen LogP contribution in [0.3, 0.4) is 0 Å². The van der Waals surface area contributed by atoms with Gasteiger partial charge < -0.3 is 10.2 Å². The van der Waals surface area contributed by atoms with Crippen LogP contribution < -0.4 is 9.62 Å². The highest BCUT2D eigenvalue weighted by Crippen LogP contribution is 2.23. The number of rotatable bonds is 11. The number of hydrogen-bond acceptors (Lipinski definition) is 4. The second-order valence-electron chi connectivity index (χ2n) is 9.93. The number of carbonyl (C=O) groups excluding carboxylic acids is 2. The Hall–Kier alpha value is -3.65. The first-order valence-corrected chi connectivity index (χ1v) is 14.5. The molecule has 0 saturated heterocycles. The highest BCUT2D eigenvalue weighted by Gasteiger charge is 2.33. The molecule has 0 spiro atoms. The van der Waals surface area contributed by atoms with Crippen LogP contribution in [0.25, 0.3) is 0 Å². The van der Waals surface area contributed by atoms with Gasteiger partial charge in [0.05, 0.1) is 11.9 Å². The van der Waals surface area contributed by atoms with Crippen LogP contribution in [0.2, 0.25) is 0 Å². The molecule has 0 aliphatic carbocycles. The van der Waals surface area contributed by atoms with Crippen LogP contribution in [0.15, 0.2) is 78.9 Å². The van der Waals surface area contributed by atoms with Gasteiger partial charge in [0.25, 0.3) is 0 Å². The van der Waals surface area contributed by atoms with E-state index in [0.29, 0.717) is 12.1 Å². The first kappa shape index (κ1) is 28.9. The van der Waals surface area contributed by atoms with Crippen LogP contribution in [-0.4, -0.2) is 50.0 Å². The van der Waals surface area contributed by atoms with E-state index >= 15 is 0 Å². The van der Waals surface area contributed by atoms with Crippen molar-refractivity contribution >= 4 is 27.5 Å². The molecule has 0 heterocycles. The first-order chi connectivity index (χ1) is 18.0. The molecule has 0 saturated carbocycles. The molecule has 1 unspecified atom stereocenters. The van der Waals surface area contributed by atoms with E-state index in [1.54, 1.807) is 25.1 Å². The fourth-order valence-corrected chi connectivity index (χ4v) is 5.17. The minimum Gasteiger partial charge on any atom is -0.352 e. The lowest BCUT2D eigenvalue weighted by Crippen LogP contribution is -2.54. The maximum atomic E-state index is 14.0. The predicted molar refractivity (Wildman–Crippen MR) is 152 cm³/mol. The quantitative estimate of drug-likeness (QED) is 0.398. The number of anilines is 1. The Morgan fingerprint density at radius 3 is 2.03 bits per heavy atom. The summed E-state index contributed by atoms with van der Waals surface area (Å²) in [7, 11) is -3.79. The summed E-state index contributed by atoms with van der Waals surface area (Å²) in [5.74, 6) is -0.745. The van der Waals surface area contributed by atoms with E-state index < -0.39 is 28.5 Å². The summed E-state index contributed by atoms with van der Waals surface area (Å²) in [6, 6.07) is 23.3. The number of amides is 2. The molecule has 202 valence electrons. The van der Waals surface area contributed by atoms with Gasteiger partial charge in [-0.05, 0) is 50.5 Å². The highest BCUT2D eigenvalue weighted by atomic mass is 32.2. The number of sulfonamides is 1. The van der Waals surface area contributed by atoms with Gasteiger partial charge >= 0.3 is 0 Å². The fourth-order valence-electron chi connectivity index (χ4n) is 4.26. The van der Waals surface area contributed by atoms with Gasteiger partial charge in [-0.25, -0.2) is 8.42 Å². The van der Waals surface area contributed by atoms with E-state index in [1.165, 1.54) is 4.90 Å². The second-order valence-corrected chi connectivity index (χ2v) is 11.8. The molecule has 3 aromatic carbocycles. The lowest BCUT2D eigenvalue weighted by atomic mass is 10.0. The second kappa shape index (κ2) is 12.7. The minimum absolute atomic E-state index is 0.128. The van der Waals surface area contributed by atoms with Gasteiger partial charge in [-0.3, -0.25) is 13.9 Å². The van der Waals surface area contributed by atoms with Crippen LogP contribution >= 0.6 is 0 Å². The lowest BCUT2D eigenvalue weighted by molar-refractivity contribution is -0.140. The van der Waals surface area contributed by atoms with Crippen LogP contribution in [0.1, 0.15) is 36.1 Å². The molecule has 0 bridgehead atoms. The topological polar surface area (TPSA) is 86.8 Å². The molecular formula is C30H37N3O4S. The van der Waals surface area contributed by atoms with E-state index in [0.717, 1.165) is 32.8 Å². The van der Waals surface area contributed by atoms with E-state index in [2.05, 4.69) is 5.32 Å². The monoisotopic (exact) mass is 535 g/mol. The molecule has 0 aliphatic heterocycles. The fraction of sp³-hybridized carbons (Fsp3) is 0.333. The van der Waals surface area contributed by atoms with Crippen molar-refractivity contribution < 1.29 is 18.0 Å². The molecule has 7 nitrogen and oxygen atoms in total. The Labute approximate surface area is 226 Å². The number of nitrogens with one attached hydrogen (secondary N) is 1. The SMILES string of the molecule is Cc1ccc(CN(C(=O)CN(c2ccccc2C)S(C)(=O)=O)C(Cc2ccccc2)C(=O)NC(C)C)cc1. The maximum absolute atomic E-state index is 14.0. The Balaban J connectivity index is 2.06. The molecule has 2 amide bonds. The molecule has 0 aliphatic rings. The van der Waals surface area contributed by atoms with Crippen molar-refractivity contribution in [2.75, 3.05) is 17.1 Å². The first-order valence-electron chi connectivity index (χ1n) is 12.7. The molecular weight excluding hydrogens is 498 g/mol. The molecule has 0 radical (unpaired) electrons. The largest absolute Gasteiger partial charge is 0.352 e. The van der Waals surface area contributed by atoms with Crippen molar-refractivity contribution in [3.63, 3.8) is 0 Å². The molecule has 1 atom stereocenters. The van der Waals surface area contributed by atoms with E-state index in [1.807, 2.05) is 81.4 Å². The van der Waals surface area contributed by atoms with E-state index in [9.17, 15) is 18.0 Å². The molecule has 38 heavy (non-hydrogen) atoms. The summed E-state index contributed by atoms with van der Waals surface area (Å²) in [5.41, 5.74) is 3.99. The van der Waals surface area contributed by atoms with Crippen molar-refractivity contribution in [1.29, 1.82) is 0 Å². The zero-order chi connectivity index (χ0) is 27.9. The molecule has 0 aromatic heterocycles. The summed E-state index contributed by atoms with van der Waals surface area (Å²) in [6.45, 7) is 7.26. The average molecular weight is 536 g/mol. The number of hydrogen-bond donors (Lipinski definition) is 1. The van der Waals surface area contributed by atoms with Crippen molar-refractivity contribution in [2.45, 2.75) is 52.7 Å². The number of carbonyl (C=O) groups is 2. The number of aryl methyl sites for hydroxylation is 2. The Morgan fingerprint density at radius 2 is 1.45 bits per heavy atom. The van der Waals surface area contributed by atoms with Gasteiger partial charge in [0, 0.05) is 19.0 Å². The molecule has 8 heteroatoms. The molecule has 1 N–H and O–H groups in total. The van der Waals surface area contributed by atoms with Gasteiger partial charge in [0.2, 0.25) is 21.8 Å². The molecule has 0 fully saturated rings. The summed E-state index contributed by atoms with van der Waals surface area (Å²) in [4.78, 5) is 29.0. The lowest BCUT2D eigenvalue weighted by Gasteiger charge is -2.34. The van der Waals surface area contributed by atoms with E-state index in [-0.39, 0.29) is 18.5 Å². The van der Waals surface area contributed by atoms with Crippen LogP contribution in [0, 0.1) is 13.8 Å². The predicted octanol–water partition coefficient (Wildman–Crippen LogP) is 4.23. The summed E-state index contributed by atoms with van der Waals surface area (Å²) >= 11 is 0. The van der Waals surface area contributed by atoms with Crippen LogP contribution in [0.5, 0.6) is 0 Å². The van der Waals surface area contributed by atoms with Crippen LogP contribution in [0.4, 0.5) is 5.69 Å². The Morgan fingerprint density at radius 1 is 0.842 bits per heavy atom. The number of benzene rings is 3. The number of para-hydroxylation sites is 1. The van der Waals surface area contributed by atoms with Crippen molar-refractivity contribution in [2.24, 2.45) is 0 Å². The van der Waals surface area contributed by atoms with Gasteiger partial charge in [-0.1, -0.05) is 78.4 Å². The van der Waals surface area contributed by atoms with Crippen molar-refractivity contribution in [1.82, 2.24) is 10.2 Å². The summed E-state index contributed by atoms with van der Waals surface area (Å²) in [5, 5.41) is 2.95. The normalized spacial score (nSPS) is 12.2. The van der Waals surface area contributed by atoms with Gasteiger partial charge in [0.15, 0.2) is 0 Å². The van der Waals surface area contributed by atoms with E-state index in [4.69, 9.17) is 0 Å². The maximum Gasteiger partial charge on any atom is 0.244 e. The average Bonchev–Trinajstić information content (AvgIpc) is 2.85. The third-order valence-corrected chi connectivity index (χ3v) is 7.37. The Kier molecular flexibility index (Phi) is 9.69. The minimum atomic E-state index is -3.79. The third-order valence-electron chi connectivity index (χ3n) is 6.24.